The van der Waals surface area contributed by atoms with Crippen LogP contribution in [0.4, 0.5) is 0 Å². The number of carbonyl (C=O) groups excluding carboxylic acids is 1. The predicted molar refractivity (Wildman–Crippen MR) is 53.1 cm³/mol. The van der Waals surface area contributed by atoms with Crippen molar-refractivity contribution in [3.05, 3.63) is 24.3 Å². The van der Waals surface area contributed by atoms with Crippen LogP contribution in [0.1, 0.15) is 39.0 Å². The Labute approximate surface area is 75.2 Å². The number of carbonyl (C=O) groups is 1. The van der Waals surface area contributed by atoms with Crippen LogP contribution in [0.15, 0.2) is 24.3 Å². The molecule has 0 heterocycles. The molecule has 0 spiro atoms. The molecule has 0 atom stereocenters. The predicted octanol–water partition coefficient (Wildman–Crippen LogP) is 3.27. The van der Waals surface area contributed by atoms with Crippen LogP contribution in [-0.4, -0.2) is 6.29 Å². The van der Waals surface area contributed by atoms with E-state index in [4.69, 9.17) is 0 Å². The molecule has 1 heteroatoms. The SMILES string of the molecule is CCCCCC/C=C/C=C\C=O. The molecule has 0 aromatic rings. The summed E-state index contributed by atoms with van der Waals surface area (Å²) < 4.78 is 0. The Hall–Kier alpha value is -0.850. The third-order valence-electron chi connectivity index (χ3n) is 1.66. The second kappa shape index (κ2) is 10.2. The molecule has 0 aromatic heterocycles. The molecule has 0 aliphatic rings. The van der Waals surface area contributed by atoms with Gasteiger partial charge in [0.2, 0.25) is 0 Å². The molecule has 0 amide bonds. The summed E-state index contributed by atoms with van der Waals surface area (Å²) in [6.45, 7) is 2.21. The van der Waals surface area contributed by atoms with Crippen molar-refractivity contribution in [3.8, 4) is 0 Å². The van der Waals surface area contributed by atoms with E-state index in [9.17, 15) is 4.79 Å². The van der Waals surface area contributed by atoms with Crippen LogP contribution in [0, 0.1) is 0 Å². The van der Waals surface area contributed by atoms with Crippen molar-refractivity contribution in [3.63, 3.8) is 0 Å². The van der Waals surface area contributed by atoms with Crippen molar-refractivity contribution >= 4 is 6.29 Å². The first-order valence-electron chi connectivity index (χ1n) is 4.68. The van der Waals surface area contributed by atoms with Gasteiger partial charge in [-0.25, -0.2) is 0 Å². The summed E-state index contributed by atoms with van der Waals surface area (Å²) in [6.07, 6.45) is 14.4. The fraction of sp³-hybridized carbons (Fsp3) is 0.545. The Morgan fingerprint density at radius 3 is 2.50 bits per heavy atom. The fourth-order valence-electron chi connectivity index (χ4n) is 0.973. The van der Waals surface area contributed by atoms with Crippen molar-refractivity contribution in [2.45, 2.75) is 39.0 Å². The number of unbranched alkanes of at least 4 members (excludes halogenated alkanes) is 4. The van der Waals surface area contributed by atoms with Gasteiger partial charge < -0.3 is 0 Å². The lowest BCUT2D eigenvalue weighted by Gasteiger charge is -1.92. The maximum absolute atomic E-state index is 9.86. The Kier molecular flexibility index (Phi) is 9.43. The normalized spacial score (nSPS) is 11.4. The zero-order valence-electron chi connectivity index (χ0n) is 7.83. The first kappa shape index (κ1) is 11.2. The summed E-state index contributed by atoms with van der Waals surface area (Å²) in [4.78, 5) is 9.86. The number of aldehydes is 1. The molecule has 0 aromatic carbocycles. The van der Waals surface area contributed by atoms with Gasteiger partial charge in [-0.3, -0.25) is 4.79 Å². The van der Waals surface area contributed by atoms with Gasteiger partial charge in [0.05, 0.1) is 0 Å². The quantitative estimate of drug-likeness (QED) is 0.245. The lowest BCUT2D eigenvalue weighted by atomic mass is 10.1. The van der Waals surface area contributed by atoms with Gasteiger partial charge in [-0.1, -0.05) is 44.4 Å². The first-order chi connectivity index (χ1) is 5.91. The molecule has 0 bridgehead atoms. The molecular formula is C11H18O. The molecule has 68 valence electrons. The van der Waals surface area contributed by atoms with Crippen LogP contribution in [0.5, 0.6) is 0 Å². The van der Waals surface area contributed by atoms with E-state index in [0.717, 1.165) is 12.7 Å². The monoisotopic (exact) mass is 166 g/mol. The molecule has 0 N–H and O–H groups in total. The Morgan fingerprint density at radius 1 is 1.00 bits per heavy atom. The van der Waals surface area contributed by atoms with Gasteiger partial charge >= 0.3 is 0 Å². The van der Waals surface area contributed by atoms with E-state index < -0.39 is 0 Å². The molecule has 0 saturated carbocycles. The zero-order chi connectivity index (χ0) is 9.07. The van der Waals surface area contributed by atoms with Crippen LogP contribution in [-0.2, 0) is 4.79 Å². The van der Waals surface area contributed by atoms with Crippen molar-refractivity contribution in [2.75, 3.05) is 0 Å². The summed E-state index contributed by atoms with van der Waals surface area (Å²) in [5, 5.41) is 0. The van der Waals surface area contributed by atoms with E-state index in [2.05, 4.69) is 13.0 Å². The number of hydrogen-bond donors (Lipinski definition) is 0. The highest BCUT2D eigenvalue weighted by molar-refractivity contribution is 5.65. The van der Waals surface area contributed by atoms with E-state index in [1.165, 1.54) is 31.8 Å². The Balaban J connectivity index is 3.13. The van der Waals surface area contributed by atoms with Crippen molar-refractivity contribution in [2.24, 2.45) is 0 Å². The number of hydrogen-bond acceptors (Lipinski definition) is 1. The second-order valence-electron chi connectivity index (χ2n) is 2.80. The number of rotatable bonds is 7. The standard InChI is InChI=1S/C11H18O/c1-2-3-4-5-6-7-8-9-10-11-12/h7-11H,2-6H2,1H3/b8-7+,10-9-. The van der Waals surface area contributed by atoms with Gasteiger partial charge in [-0.05, 0) is 18.9 Å². The van der Waals surface area contributed by atoms with Crippen LogP contribution in [0.3, 0.4) is 0 Å². The van der Waals surface area contributed by atoms with Crippen molar-refractivity contribution in [1.29, 1.82) is 0 Å². The average molecular weight is 166 g/mol. The summed E-state index contributed by atoms with van der Waals surface area (Å²) >= 11 is 0. The minimum atomic E-state index is 0.793. The molecule has 0 rings (SSSR count). The lowest BCUT2D eigenvalue weighted by Crippen LogP contribution is -1.73. The summed E-state index contributed by atoms with van der Waals surface area (Å²) in [5.41, 5.74) is 0. The van der Waals surface area contributed by atoms with E-state index in [1.54, 1.807) is 6.08 Å². The zero-order valence-corrected chi connectivity index (χ0v) is 7.83. The first-order valence-corrected chi connectivity index (χ1v) is 4.68. The minimum absolute atomic E-state index is 0.793. The third kappa shape index (κ3) is 9.15. The average Bonchev–Trinajstić information content (AvgIpc) is 2.10. The van der Waals surface area contributed by atoms with Crippen molar-refractivity contribution in [1.82, 2.24) is 0 Å². The second-order valence-corrected chi connectivity index (χ2v) is 2.80. The van der Waals surface area contributed by atoms with Gasteiger partial charge in [0, 0.05) is 0 Å². The maximum Gasteiger partial charge on any atom is 0.142 e. The van der Waals surface area contributed by atoms with Gasteiger partial charge in [0.1, 0.15) is 6.29 Å². The van der Waals surface area contributed by atoms with Gasteiger partial charge in [-0.15, -0.1) is 0 Å². The fourth-order valence-corrected chi connectivity index (χ4v) is 0.973. The molecule has 0 radical (unpaired) electrons. The van der Waals surface area contributed by atoms with Crippen LogP contribution >= 0.6 is 0 Å². The minimum Gasteiger partial charge on any atom is -0.299 e. The molecule has 1 nitrogen and oxygen atoms in total. The topological polar surface area (TPSA) is 17.1 Å². The summed E-state index contributed by atoms with van der Waals surface area (Å²) in [5.74, 6) is 0. The van der Waals surface area contributed by atoms with E-state index >= 15 is 0 Å². The highest BCUT2D eigenvalue weighted by Crippen LogP contribution is 2.02. The highest BCUT2D eigenvalue weighted by atomic mass is 16.1. The lowest BCUT2D eigenvalue weighted by molar-refractivity contribution is -0.104. The third-order valence-corrected chi connectivity index (χ3v) is 1.66. The van der Waals surface area contributed by atoms with Crippen molar-refractivity contribution < 1.29 is 4.79 Å². The van der Waals surface area contributed by atoms with Gasteiger partial charge in [0.15, 0.2) is 0 Å². The molecule has 0 fully saturated rings. The Bertz CT molecular complexity index is 145. The van der Waals surface area contributed by atoms with Crippen LogP contribution in [0.2, 0.25) is 0 Å². The number of allylic oxidation sites excluding steroid dienone is 4. The van der Waals surface area contributed by atoms with E-state index in [1.807, 2.05) is 6.08 Å². The van der Waals surface area contributed by atoms with Gasteiger partial charge in [0.25, 0.3) is 0 Å². The smallest absolute Gasteiger partial charge is 0.142 e. The largest absolute Gasteiger partial charge is 0.299 e. The molecule has 0 aliphatic carbocycles. The molecule has 12 heavy (non-hydrogen) atoms. The highest BCUT2D eigenvalue weighted by Gasteiger charge is 1.82. The van der Waals surface area contributed by atoms with E-state index in [-0.39, 0.29) is 0 Å². The van der Waals surface area contributed by atoms with Crippen LogP contribution in [0.25, 0.3) is 0 Å². The molecular weight excluding hydrogens is 148 g/mol. The van der Waals surface area contributed by atoms with Gasteiger partial charge in [-0.2, -0.15) is 0 Å². The maximum atomic E-state index is 9.86. The summed E-state index contributed by atoms with van der Waals surface area (Å²) in [7, 11) is 0. The molecule has 0 saturated heterocycles. The summed E-state index contributed by atoms with van der Waals surface area (Å²) in [6, 6.07) is 0. The van der Waals surface area contributed by atoms with Crippen LogP contribution < -0.4 is 0 Å². The van der Waals surface area contributed by atoms with E-state index in [0.29, 0.717) is 0 Å². The Morgan fingerprint density at radius 2 is 1.83 bits per heavy atom. The molecule has 0 unspecified atom stereocenters. The molecule has 0 aliphatic heterocycles.